The van der Waals surface area contributed by atoms with Crippen LogP contribution in [0.15, 0.2) is 0 Å². The zero-order valence-corrected chi connectivity index (χ0v) is 7.20. The monoisotopic (exact) mass is 194 g/mol. The molecule has 4 N–H and O–H groups in total. The van der Waals surface area contributed by atoms with Crippen LogP contribution in [0.5, 0.6) is 0 Å². The zero-order valence-electron chi connectivity index (χ0n) is 7.20. The molecule has 0 aromatic rings. The van der Waals surface area contributed by atoms with Gasteiger partial charge in [0.25, 0.3) is 0 Å². The van der Waals surface area contributed by atoms with Crippen LogP contribution < -0.4 is 0 Å². The highest BCUT2D eigenvalue weighted by Gasteiger charge is 2.43. The van der Waals surface area contributed by atoms with E-state index in [0.29, 0.717) is 0 Å². The minimum Gasteiger partial charge on any atom is -0.394 e. The Bertz CT molecular complexity index is 143. The Morgan fingerprint density at radius 1 is 1.15 bits per heavy atom. The third kappa shape index (κ3) is 1.98. The lowest BCUT2D eigenvalue weighted by Gasteiger charge is -2.38. The lowest BCUT2D eigenvalue weighted by molar-refractivity contribution is -0.294. The number of hydrogen-bond donors (Lipinski definition) is 4. The average molecular weight is 194 g/mol. The Kier molecular flexibility index (Phi) is 3.60. The molecule has 0 aromatic heterocycles. The molecule has 1 rings (SSSR count). The fourth-order valence-corrected chi connectivity index (χ4v) is 1.26. The highest BCUT2D eigenvalue weighted by atomic mass is 16.7. The molecule has 0 amide bonds. The molecule has 0 saturated carbocycles. The van der Waals surface area contributed by atoms with Gasteiger partial charge < -0.3 is 29.9 Å². The maximum absolute atomic E-state index is 9.28. The summed E-state index contributed by atoms with van der Waals surface area (Å²) in [5, 5.41) is 36.6. The molecule has 1 aliphatic rings. The fraction of sp³-hybridized carbons (Fsp3) is 1.00. The predicted octanol–water partition coefficient (Wildman–Crippen LogP) is -2.57. The first-order valence-electron chi connectivity index (χ1n) is 3.95. The van der Waals surface area contributed by atoms with E-state index < -0.39 is 37.3 Å². The van der Waals surface area contributed by atoms with E-state index in [9.17, 15) is 15.3 Å². The van der Waals surface area contributed by atoms with Crippen molar-refractivity contribution in [2.24, 2.45) is 0 Å². The van der Waals surface area contributed by atoms with Gasteiger partial charge in [0.05, 0.1) is 6.61 Å². The van der Waals surface area contributed by atoms with Gasteiger partial charge >= 0.3 is 0 Å². The summed E-state index contributed by atoms with van der Waals surface area (Å²) in [6.07, 6.45) is -5.91. The van der Waals surface area contributed by atoms with Crippen LogP contribution in [0, 0.1) is 0 Å². The highest BCUT2D eigenvalue weighted by Crippen LogP contribution is 2.20. The van der Waals surface area contributed by atoms with Crippen LogP contribution in [-0.4, -0.2) is 64.8 Å². The van der Waals surface area contributed by atoms with Crippen LogP contribution >= 0.6 is 0 Å². The molecular weight excluding hydrogens is 180 g/mol. The molecule has 1 unspecified atom stereocenters. The number of methoxy groups -OCH3 is 1. The van der Waals surface area contributed by atoms with Gasteiger partial charge in [-0.1, -0.05) is 0 Å². The number of aliphatic hydroxyl groups is 4. The fourth-order valence-electron chi connectivity index (χ4n) is 1.26. The van der Waals surface area contributed by atoms with Crippen molar-refractivity contribution < 1.29 is 29.9 Å². The first-order valence-corrected chi connectivity index (χ1v) is 3.95. The zero-order chi connectivity index (χ0) is 10.0. The van der Waals surface area contributed by atoms with E-state index in [-0.39, 0.29) is 0 Å². The smallest absolute Gasteiger partial charge is 0.186 e. The van der Waals surface area contributed by atoms with Gasteiger partial charge in [0.15, 0.2) is 6.29 Å². The van der Waals surface area contributed by atoms with Gasteiger partial charge in [0.1, 0.15) is 24.4 Å². The van der Waals surface area contributed by atoms with Crippen molar-refractivity contribution in [1.29, 1.82) is 0 Å². The summed E-state index contributed by atoms with van der Waals surface area (Å²) in [6.45, 7) is -0.440. The molecule has 1 aliphatic heterocycles. The van der Waals surface area contributed by atoms with E-state index in [1.54, 1.807) is 0 Å². The molecule has 0 bridgehead atoms. The molecule has 1 saturated heterocycles. The number of rotatable bonds is 2. The second-order valence-electron chi connectivity index (χ2n) is 2.93. The highest BCUT2D eigenvalue weighted by molar-refractivity contribution is 4.88. The molecule has 6 nitrogen and oxygen atoms in total. The van der Waals surface area contributed by atoms with Gasteiger partial charge in [-0.25, -0.2) is 0 Å². The third-order valence-electron chi connectivity index (χ3n) is 2.08. The maximum Gasteiger partial charge on any atom is 0.186 e. The van der Waals surface area contributed by atoms with E-state index in [2.05, 4.69) is 0 Å². The molecular formula is C7H14O6. The van der Waals surface area contributed by atoms with Crippen molar-refractivity contribution in [3.63, 3.8) is 0 Å². The molecule has 0 aromatic carbocycles. The second-order valence-corrected chi connectivity index (χ2v) is 2.93. The van der Waals surface area contributed by atoms with Crippen LogP contribution in [-0.2, 0) is 9.47 Å². The summed E-state index contributed by atoms with van der Waals surface area (Å²) >= 11 is 0. The van der Waals surface area contributed by atoms with Crippen LogP contribution in [0.25, 0.3) is 0 Å². The van der Waals surface area contributed by atoms with Gasteiger partial charge in [-0.2, -0.15) is 0 Å². The Morgan fingerprint density at radius 2 is 1.77 bits per heavy atom. The molecule has 0 aliphatic carbocycles. The quantitative estimate of drug-likeness (QED) is 0.386. The molecule has 1 fully saturated rings. The average Bonchev–Trinajstić information content (AvgIpc) is 2.15. The first kappa shape index (κ1) is 10.8. The van der Waals surface area contributed by atoms with Crippen molar-refractivity contribution in [3.8, 4) is 0 Å². The van der Waals surface area contributed by atoms with E-state index in [4.69, 9.17) is 14.6 Å². The Balaban J connectivity index is 2.66. The van der Waals surface area contributed by atoms with E-state index in [1.807, 2.05) is 0 Å². The first-order chi connectivity index (χ1) is 6.11. The topological polar surface area (TPSA) is 99.4 Å². The van der Waals surface area contributed by atoms with E-state index in [1.165, 1.54) is 7.11 Å². The normalized spacial score (nSPS) is 46.4. The van der Waals surface area contributed by atoms with Gasteiger partial charge in [0, 0.05) is 7.11 Å². The molecule has 5 atom stereocenters. The summed E-state index contributed by atoms with van der Waals surface area (Å²) < 4.78 is 9.65. The number of hydrogen-bond acceptors (Lipinski definition) is 6. The minimum absolute atomic E-state index is 0.440. The van der Waals surface area contributed by atoms with Crippen molar-refractivity contribution in [1.82, 2.24) is 0 Å². The van der Waals surface area contributed by atoms with Gasteiger partial charge in [-0.15, -0.1) is 0 Å². The molecule has 6 heteroatoms. The van der Waals surface area contributed by atoms with Crippen molar-refractivity contribution >= 4 is 0 Å². The number of aliphatic hydroxyl groups excluding tert-OH is 4. The van der Waals surface area contributed by atoms with Crippen molar-refractivity contribution in [2.45, 2.75) is 30.7 Å². The molecule has 0 radical (unpaired) electrons. The summed E-state index contributed by atoms with van der Waals surface area (Å²) in [6, 6.07) is 0. The predicted molar refractivity (Wildman–Crippen MR) is 40.8 cm³/mol. The number of ether oxygens (including phenoxy) is 2. The lowest BCUT2D eigenvalue weighted by Crippen LogP contribution is -2.58. The summed E-state index contributed by atoms with van der Waals surface area (Å²) in [7, 11) is 1.30. The van der Waals surface area contributed by atoms with Gasteiger partial charge in [0.2, 0.25) is 0 Å². The molecule has 1 heterocycles. The largest absolute Gasteiger partial charge is 0.394 e. The SMILES string of the molecule is CO[C@@H]1O[C@H](CO)C(O)[C@@H](O)[C@@H]1O. The second kappa shape index (κ2) is 4.32. The summed E-state index contributed by atoms with van der Waals surface area (Å²) in [5.41, 5.74) is 0. The molecule has 0 spiro atoms. The van der Waals surface area contributed by atoms with Crippen LogP contribution in [0.4, 0.5) is 0 Å². The van der Waals surface area contributed by atoms with Gasteiger partial charge in [-0.05, 0) is 0 Å². The van der Waals surface area contributed by atoms with Crippen LogP contribution in [0.3, 0.4) is 0 Å². The van der Waals surface area contributed by atoms with Crippen LogP contribution in [0.2, 0.25) is 0 Å². The summed E-state index contributed by atoms with van der Waals surface area (Å²) in [5.74, 6) is 0. The van der Waals surface area contributed by atoms with Crippen molar-refractivity contribution in [2.75, 3.05) is 13.7 Å². The Hall–Kier alpha value is -0.240. The van der Waals surface area contributed by atoms with E-state index >= 15 is 0 Å². The van der Waals surface area contributed by atoms with Crippen molar-refractivity contribution in [3.05, 3.63) is 0 Å². The molecule has 78 valence electrons. The standard InChI is InChI=1S/C7H14O6/c1-12-7-6(11)5(10)4(9)3(2-8)13-7/h3-11H,2H2,1H3/t3-,4?,5-,6+,7-/m1/s1. The Morgan fingerprint density at radius 3 is 2.23 bits per heavy atom. The van der Waals surface area contributed by atoms with Crippen LogP contribution in [0.1, 0.15) is 0 Å². The lowest BCUT2D eigenvalue weighted by atomic mass is 9.99. The molecule has 13 heavy (non-hydrogen) atoms. The van der Waals surface area contributed by atoms with Gasteiger partial charge in [-0.3, -0.25) is 0 Å². The summed E-state index contributed by atoms with van der Waals surface area (Å²) in [4.78, 5) is 0. The van der Waals surface area contributed by atoms with E-state index in [0.717, 1.165) is 0 Å². The minimum atomic E-state index is -1.36. The third-order valence-corrected chi connectivity index (χ3v) is 2.08. The maximum atomic E-state index is 9.28. The Labute approximate surface area is 75.3 Å².